The Kier molecular flexibility index (Phi) is 4.45. The molecule has 0 saturated heterocycles. The van der Waals surface area contributed by atoms with Crippen LogP contribution in [0.5, 0.6) is 5.75 Å². The van der Waals surface area contributed by atoms with Crippen LogP contribution in [-0.2, 0) is 11.2 Å². The fraction of sp³-hybridized carbons (Fsp3) is 0.0667. The molecule has 0 aliphatic heterocycles. The van der Waals surface area contributed by atoms with Gasteiger partial charge in [0, 0.05) is 5.02 Å². The molecule has 108 valence electrons. The molecule has 0 unspecified atom stereocenters. The number of carboxylic acid groups (broad SMARTS) is 1. The average Bonchev–Trinajstić information content (AvgIpc) is 2.41. The minimum Gasteiger partial charge on any atom is -0.508 e. The SMILES string of the molecule is O=C(Cc1ccc(O)cc1)Nc1cc(Cl)ccc1C(=O)O. The molecule has 0 aliphatic carbocycles. The lowest BCUT2D eigenvalue weighted by Gasteiger charge is -2.09. The number of carboxylic acids is 1. The molecule has 0 bridgehead atoms. The van der Waals surface area contributed by atoms with E-state index in [1.807, 2.05) is 0 Å². The molecule has 1 amide bonds. The molecule has 0 radical (unpaired) electrons. The van der Waals surface area contributed by atoms with Gasteiger partial charge in [0.2, 0.25) is 5.91 Å². The van der Waals surface area contributed by atoms with E-state index in [1.165, 1.54) is 30.3 Å². The van der Waals surface area contributed by atoms with E-state index in [1.54, 1.807) is 12.1 Å². The van der Waals surface area contributed by atoms with Crippen molar-refractivity contribution in [2.45, 2.75) is 6.42 Å². The Hall–Kier alpha value is -2.53. The van der Waals surface area contributed by atoms with Crippen molar-refractivity contribution >= 4 is 29.2 Å². The fourth-order valence-corrected chi connectivity index (χ4v) is 1.97. The second kappa shape index (κ2) is 6.28. The van der Waals surface area contributed by atoms with Gasteiger partial charge in [-0.3, -0.25) is 4.79 Å². The number of hydrogen-bond donors (Lipinski definition) is 3. The highest BCUT2D eigenvalue weighted by atomic mass is 35.5. The Balaban J connectivity index is 2.14. The van der Waals surface area contributed by atoms with Crippen LogP contribution in [0.25, 0.3) is 0 Å². The molecule has 5 nitrogen and oxygen atoms in total. The maximum atomic E-state index is 11.9. The third-order valence-electron chi connectivity index (χ3n) is 2.79. The van der Waals surface area contributed by atoms with E-state index in [9.17, 15) is 14.7 Å². The molecule has 0 aliphatic rings. The summed E-state index contributed by atoms with van der Waals surface area (Å²) in [5.41, 5.74) is 0.821. The van der Waals surface area contributed by atoms with Gasteiger partial charge in [0.1, 0.15) is 5.75 Å². The molecule has 6 heteroatoms. The van der Waals surface area contributed by atoms with E-state index >= 15 is 0 Å². The van der Waals surface area contributed by atoms with Gasteiger partial charge in [-0.15, -0.1) is 0 Å². The summed E-state index contributed by atoms with van der Waals surface area (Å²) in [7, 11) is 0. The third kappa shape index (κ3) is 3.97. The van der Waals surface area contributed by atoms with E-state index in [2.05, 4.69) is 5.32 Å². The number of halogens is 1. The number of rotatable bonds is 4. The minimum atomic E-state index is -1.15. The number of nitrogens with one attached hydrogen (secondary N) is 1. The zero-order valence-corrected chi connectivity index (χ0v) is 11.6. The maximum Gasteiger partial charge on any atom is 0.337 e. The van der Waals surface area contributed by atoms with Crippen molar-refractivity contribution in [2.24, 2.45) is 0 Å². The van der Waals surface area contributed by atoms with Crippen molar-refractivity contribution in [2.75, 3.05) is 5.32 Å². The van der Waals surface area contributed by atoms with Gasteiger partial charge in [0.25, 0.3) is 0 Å². The van der Waals surface area contributed by atoms with Crippen LogP contribution >= 0.6 is 11.6 Å². The van der Waals surface area contributed by atoms with Gasteiger partial charge in [-0.2, -0.15) is 0 Å². The van der Waals surface area contributed by atoms with Gasteiger partial charge in [0.15, 0.2) is 0 Å². The number of aromatic carboxylic acids is 1. The van der Waals surface area contributed by atoms with Crippen LogP contribution in [0, 0.1) is 0 Å². The van der Waals surface area contributed by atoms with Gasteiger partial charge in [-0.25, -0.2) is 4.79 Å². The van der Waals surface area contributed by atoms with Gasteiger partial charge in [-0.1, -0.05) is 23.7 Å². The van der Waals surface area contributed by atoms with Crippen molar-refractivity contribution in [1.29, 1.82) is 0 Å². The zero-order valence-electron chi connectivity index (χ0n) is 10.8. The number of amides is 1. The highest BCUT2D eigenvalue weighted by Gasteiger charge is 2.13. The first-order chi connectivity index (χ1) is 9.95. The summed E-state index contributed by atoms with van der Waals surface area (Å²) in [5, 5.41) is 21.1. The first kappa shape index (κ1) is 14.9. The number of aromatic hydroxyl groups is 1. The number of phenols is 1. The van der Waals surface area contributed by atoms with Crippen LogP contribution in [0.3, 0.4) is 0 Å². The molecule has 0 saturated carbocycles. The van der Waals surface area contributed by atoms with Crippen LogP contribution in [0.4, 0.5) is 5.69 Å². The normalized spacial score (nSPS) is 10.1. The van der Waals surface area contributed by atoms with Crippen LogP contribution in [0.2, 0.25) is 5.02 Å². The van der Waals surface area contributed by atoms with E-state index in [4.69, 9.17) is 16.7 Å². The average molecular weight is 306 g/mol. The summed E-state index contributed by atoms with van der Waals surface area (Å²) in [6.07, 6.45) is 0.0614. The summed E-state index contributed by atoms with van der Waals surface area (Å²) >= 11 is 5.81. The Morgan fingerprint density at radius 3 is 2.38 bits per heavy atom. The summed E-state index contributed by atoms with van der Waals surface area (Å²) in [5.74, 6) is -1.40. The molecule has 0 aromatic heterocycles. The summed E-state index contributed by atoms with van der Waals surface area (Å²) < 4.78 is 0. The first-order valence-electron chi connectivity index (χ1n) is 6.06. The molecular weight excluding hydrogens is 294 g/mol. The predicted octanol–water partition coefficient (Wildman–Crippen LogP) is 2.93. The number of benzene rings is 2. The predicted molar refractivity (Wildman–Crippen MR) is 78.9 cm³/mol. The van der Waals surface area contributed by atoms with Crippen LogP contribution < -0.4 is 5.32 Å². The van der Waals surface area contributed by atoms with Gasteiger partial charge in [-0.05, 0) is 35.9 Å². The van der Waals surface area contributed by atoms with Crippen LogP contribution in [-0.4, -0.2) is 22.1 Å². The Morgan fingerprint density at radius 2 is 1.76 bits per heavy atom. The van der Waals surface area contributed by atoms with E-state index in [-0.39, 0.29) is 29.3 Å². The quantitative estimate of drug-likeness (QED) is 0.810. The van der Waals surface area contributed by atoms with Crippen LogP contribution in [0.15, 0.2) is 42.5 Å². The van der Waals surface area contributed by atoms with Crippen molar-refractivity contribution in [3.63, 3.8) is 0 Å². The van der Waals surface area contributed by atoms with Crippen molar-refractivity contribution in [3.05, 3.63) is 58.6 Å². The first-order valence-corrected chi connectivity index (χ1v) is 6.44. The van der Waals surface area contributed by atoms with E-state index in [0.717, 1.165) is 0 Å². The zero-order chi connectivity index (χ0) is 15.4. The number of anilines is 1. The monoisotopic (exact) mass is 305 g/mol. The van der Waals surface area contributed by atoms with E-state index in [0.29, 0.717) is 10.6 Å². The second-order valence-corrected chi connectivity index (χ2v) is 4.82. The maximum absolute atomic E-state index is 11.9. The van der Waals surface area contributed by atoms with Crippen molar-refractivity contribution in [1.82, 2.24) is 0 Å². The molecule has 0 spiro atoms. The topological polar surface area (TPSA) is 86.6 Å². The Labute approximate surface area is 125 Å². The number of carbonyl (C=O) groups excluding carboxylic acids is 1. The molecule has 0 atom stereocenters. The minimum absolute atomic E-state index is 0.0292. The third-order valence-corrected chi connectivity index (χ3v) is 3.02. The largest absolute Gasteiger partial charge is 0.508 e. The van der Waals surface area contributed by atoms with Gasteiger partial charge in [0.05, 0.1) is 17.7 Å². The Morgan fingerprint density at radius 1 is 1.10 bits per heavy atom. The summed E-state index contributed by atoms with van der Waals surface area (Å²) in [6.45, 7) is 0. The summed E-state index contributed by atoms with van der Waals surface area (Å²) in [4.78, 5) is 23.0. The standard InChI is InChI=1S/C15H12ClNO4/c16-10-3-6-12(15(20)21)13(8-10)17-14(19)7-9-1-4-11(18)5-2-9/h1-6,8,18H,7H2,(H,17,19)(H,20,21). The van der Waals surface area contributed by atoms with E-state index < -0.39 is 5.97 Å². The number of carbonyl (C=O) groups is 2. The van der Waals surface area contributed by atoms with Crippen molar-refractivity contribution < 1.29 is 19.8 Å². The van der Waals surface area contributed by atoms with Crippen molar-refractivity contribution in [3.8, 4) is 5.75 Å². The highest BCUT2D eigenvalue weighted by molar-refractivity contribution is 6.31. The highest BCUT2D eigenvalue weighted by Crippen LogP contribution is 2.21. The number of phenolic OH excluding ortho intramolecular Hbond substituents is 1. The summed E-state index contributed by atoms with van der Waals surface area (Å²) in [6, 6.07) is 10.4. The molecule has 0 fully saturated rings. The molecule has 21 heavy (non-hydrogen) atoms. The lowest BCUT2D eigenvalue weighted by Crippen LogP contribution is -2.16. The molecule has 0 heterocycles. The molecule has 2 aromatic rings. The van der Waals surface area contributed by atoms with Crippen LogP contribution in [0.1, 0.15) is 15.9 Å². The number of hydrogen-bond acceptors (Lipinski definition) is 3. The Bertz CT molecular complexity index is 683. The lowest BCUT2D eigenvalue weighted by atomic mass is 10.1. The fourth-order valence-electron chi connectivity index (χ4n) is 1.80. The molecular formula is C15H12ClNO4. The van der Waals surface area contributed by atoms with Gasteiger partial charge >= 0.3 is 5.97 Å². The molecule has 2 rings (SSSR count). The second-order valence-electron chi connectivity index (χ2n) is 4.39. The van der Waals surface area contributed by atoms with Gasteiger partial charge < -0.3 is 15.5 Å². The molecule has 2 aromatic carbocycles. The molecule has 3 N–H and O–H groups in total. The lowest BCUT2D eigenvalue weighted by molar-refractivity contribution is -0.115. The smallest absolute Gasteiger partial charge is 0.337 e.